The molecule has 6 heteroatoms. The van der Waals surface area contributed by atoms with Gasteiger partial charge < -0.3 is 4.57 Å². The standard InChI is InChI=1S/C34H26N2O3S/c37-40(38,39)31-19-11-10-18-30(31)26-22-20-25(21-23-26)24-36-33(28-14-6-2-7-15-28)32(27-12-4-1-5-13-27)35-34(36)29-16-8-3-9-17-29/h1-23H,24H2,(H,37,38,39). The van der Waals surface area contributed by atoms with E-state index >= 15 is 0 Å². The van der Waals surface area contributed by atoms with Crippen LogP contribution in [0.4, 0.5) is 0 Å². The first-order chi connectivity index (χ1) is 19.5. The highest BCUT2D eigenvalue weighted by Gasteiger charge is 2.21. The molecule has 1 heterocycles. The van der Waals surface area contributed by atoms with Crippen LogP contribution in [0.25, 0.3) is 45.0 Å². The summed E-state index contributed by atoms with van der Waals surface area (Å²) in [5.74, 6) is 0.860. The topological polar surface area (TPSA) is 72.2 Å². The second-order valence-electron chi connectivity index (χ2n) is 9.48. The highest BCUT2D eigenvalue weighted by molar-refractivity contribution is 7.86. The molecule has 0 spiro atoms. The van der Waals surface area contributed by atoms with E-state index in [1.165, 1.54) is 6.07 Å². The second kappa shape index (κ2) is 10.8. The van der Waals surface area contributed by atoms with E-state index in [4.69, 9.17) is 4.98 Å². The van der Waals surface area contributed by atoms with Gasteiger partial charge in [-0.2, -0.15) is 8.42 Å². The lowest BCUT2D eigenvalue weighted by molar-refractivity contribution is 0.483. The Kier molecular flexibility index (Phi) is 6.86. The molecule has 0 atom stereocenters. The van der Waals surface area contributed by atoms with E-state index in [2.05, 4.69) is 41.0 Å². The van der Waals surface area contributed by atoms with Crippen LogP contribution < -0.4 is 0 Å². The van der Waals surface area contributed by atoms with Crippen molar-refractivity contribution in [3.05, 3.63) is 145 Å². The summed E-state index contributed by atoms with van der Waals surface area (Å²) in [6.07, 6.45) is 0. The van der Waals surface area contributed by atoms with Crippen LogP contribution in [-0.2, 0) is 16.7 Å². The van der Waals surface area contributed by atoms with Crippen molar-refractivity contribution in [1.29, 1.82) is 0 Å². The van der Waals surface area contributed by atoms with Gasteiger partial charge in [-0.15, -0.1) is 0 Å². The van der Waals surface area contributed by atoms with E-state index in [1.54, 1.807) is 18.2 Å². The van der Waals surface area contributed by atoms with Crippen LogP contribution >= 0.6 is 0 Å². The molecule has 0 bridgehead atoms. The molecule has 0 saturated heterocycles. The van der Waals surface area contributed by atoms with Gasteiger partial charge in [0.05, 0.1) is 11.4 Å². The van der Waals surface area contributed by atoms with E-state index in [9.17, 15) is 13.0 Å². The Balaban J connectivity index is 1.49. The predicted octanol–water partition coefficient (Wildman–Crippen LogP) is 7.85. The number of aromatic nitrogens is 2. The fourth-order valence-electron chi connectivity index (χ4n) is 5.00. The lowest BCUT2D eigenvalue weighted by Crippen LogP contribution is -2.05. The van der Waals surface area contributed by atoms with Gasteiger partial charge in [0.2, 0.25) is 0 Å². The summed E-state index contributed by atoms with van der Waals surface area (Å²) >= 11 is 0. The van der Waals surface area contributed by atoms with Crippen LogP contribution in [0.5, 0.6) is 0 Å². The maximum absolute atomic E-state index is 11.9. The van der Waals surface area contributed by atoms with E-state index in [1.807, 2.05) is 78.9 Å². The third kappa shape index (κ3) is 5.10. The van der Waals surface area contributed by atoms with Crippen molar-refractivity contribution >= 4 is 10.1 Å². The minimum Gasteiger partial charge on any atom is -0.319 e. The van der Waals surface area contributed by atoms with Crippen LogP contribution in [0.15, 0.2) is 144 Å². The van der Waals surface area contributed by atoms with Crippen molar-refractivity contribution < 1.29 is 13.0 Å². The minimum atomic E-state index is -4.35. The average molecular weight is 543 g/mol. The van der Waals surface area contributed by atoms with Crippen molar-refractivity contribution in [3.8, 4) is 45.0 Å². The number of hydrogen-bond donors (Lipinski definition) is 1. The molecule has 5 nitrogen and oxygen atoms in total. The molecule has 0 radical (unpaired) electrons. The first-order valence-electron chi connectivity index (χ1n) is 12.9. The van der Waals surface area contributed by atoms with E-state index in [0.717, 1.165) is 39.5 Å². The van der Waals surface area contributed by atoms with E-state index in [0.29, 0.717) is 17.7 Å². The molecule has 0 aliphatic rings. The normalized spacial score (nSPS) is 11.4. The Bertz CT molecular complexity index is 1870. The Morgan fingerprint density at radius 2 is 1.10 bits per heavy atom. The average Bonchev–Trinajstić information content (AvgIpc) is 3.37. The van der Waals surface area contributed by atoms with Gasteiger partial charge in [0.25, 0.3) is 10.1 Å². The second-order valence-corrected chi connectivity index (χ2v) is 10.9. The summed E-state index contributed by atoms with van der Waals surface area (Å²) in [5, 5.41) is 0. The van der Waals surface area contributed by atoms with Gasteiger partial charge in [-0.05, 0) is 17.2 Å². The number of benzene rings is 5. The molecule has 5 aromatic carbocycles. The van der Waals surface area contributed by atoms with Gasteiger partial charge in [-0.3, -0.25) is 4.55 Å². The first-order valence-corrected chi connectivity index (χ1v) is 14.4. The van der Waals surface area contributed by atoms with Crippen LogP contribution in [0, 0.1) is 0 Å². The van der Waals surface area contributed by atoms with Gasteiger partial charge in [0.15, 0.2) is 0 Å². The molecule has 6 rings (SSSR count). The van der Waals surface area contributed by atoms with Crippen LogP contribution in [-0.4, -0.2) is 22.5 Å². The fraction of sp³-hybridized carbons (Fsp3) is 0.0294. The molecule has 40 heavy (non-hydrogen) atoms. The lowest BCUT2D eigenvalue weighted by Gasteiger charge is -2.14. The predicted molar refractivity (Wildman–Crippen MR) is 159 cm³/mol. The quantitative estimate of drug-likeness (QED) is 0.209. The summed E-state index contributed by atoms with van der Waals surface area (Å²) in [7, 11) is -4.35. The monoisotopic (exact) mass is 542 g/mol. The Hall–Kier alpha value is -4.78. The van der Waals surface area contributed by atoms with Gasteiger partial charge in [-0.1, -0.05) is 133 Å². The fourth-order valence-corrected chi connectivity index (χ4v) is 5.72. The number of hydrogen-bond acceptors (Lipinski definition) is 3. The van der Waals surface area contributed by atoms with Gasteiger partial charge in [-0.25, -0.2) is 4.98 Å². The molecule has 0 saturated carbocycles. The summed E-state index contributed by atoms with van der Waals surface area (Å²) in [6, 6.07) is 44.9. The SMILES string of the molecule is O=S(=O)(O)c1ccccc1-c1ccc(Cn2c(-c3ccccc3)nc(-c3ccccc3)c2-c2ccccc2)cc1. The minimum absolute atomic E-state index is 0.109. The largest absolute Gasteiger partial charge is 0.319 e. The maximum Gasteiger partial charge on any atom is 0.295 e. The zero-order valence-corrected chi connectivity index (χ0v) is 22.4. The summed E-state index contributed by atoms with van der Waals surface area (Å²) in [5.41, 5.74) is 7.24. The molecule has 0 fully saturated rings. The third-order valence-corrected chi connectivity index (χ3v) is 7.78. The molecule has 6 aromatic rings. The molecule has 0 aliphatic carbocycles. The van der Waals surface area contributed by atoms with Gasteiger partial charge >= 0.3 is 0 Å². The zero-order valence-electron chi connectivity index (χ0n) is 21.6. The first kappa shape index (κ1) is 25.5. The highest BCUT2D eigenvalue weighted by Crippen LogP contribution is 2.37. The van der Waals surface area contributed by atoms with Crippen LogP contribution in [0.1, 0.15) is 5.56 Å². The summed E-state index contributed by atoms with van der Waals surface area (Å²) < 4.78 is 35.8. The lowest BCUT2D eigenvalue weighted by atomic mass is 10.0. The van der Waals surface area contributed by atoms with Crippen molar-refractivity contribution in [3.63, 3.8) is 0 Å². The molecule has 0 unspecified atom stereocenters. The third-order valence-electron chi connectivity index (χ3n) is 6.86. The van der Waals surface area contributed by atoms with Crippen molar-refractivity contribution in [1.82, 2.24) is 9.55 Å². The zero-order chi connectivity index (χ0) is 27.5. The van der Waals surface area contributed by atoms with Crippen LogP contribution in [0.2, 0.25) is 0 Å². The van der Waals surface area contributed by atoms with E-state index in [-0.39, 0.29) is 4.90 Å². The molecular formula is C34H26N2O3S. The van der Waals surface area contributed by atoms with Crippen molar-refractivity contribution in [2.24, 2.45) is 0 Å². The molecule has 1 aromatic heterocycles. The molecule has 1 N–H and O–H groups in total. The molecule has 0 amide bonds. The molecule has 0 aliphatic heterocycles. The van der Waals surface area contributed by atoms with Gasteiger partial charge in [0.1, 0.15) is 10.7 Å². The highest BCUT2D eigenvalue weighted by atomic mass is 32.2. The maximum atomic E-state index is 11.9. The number of nitrogens with zero attached hydrogens (tertiary/aromatic N) is 2. The smallest absolute Gasteiger partial charge is 0.295 e. The summed E-state index contributed by atoms with van der Waals surface area (Å²) in [6.45, 7) is 0.550. The van der Waals surface area contributed by atoms with Crippen molar-refractivity contribution in [2.75, 3.05) is 0 Å². The van der Waals surface area contributed by atoms with Crippen LogP contribution in [0.3, 0.4) is 0 Å². The Labute approximate surface area is 233 Å². The Morgan fingerprint density at radius 3 is 1.70 bits per heavy atom. The molecule has 196 valence electrons. The number of imidazole rings is 1. The van der Waals surface area contributed by atoms with Crippen molar-refractivity contribution in [2.45, 2.75) is 11.4 Å². The summed E-state index contributed by atoms with van der Waals surface area (Å²) in [4.78, 5) is 5.09. The van der Waals surface area contributed by atoms with E-state index < -0.39 is 10.1 Å². The number of rotatable bonds is 7. The van der Waals surface area contributed by atoms with Gasteiger partial charge in [0, 0.05) is 28.8 Å². The Morgan fingerprint density at radius 1 is 0.575 bits per heavy atom. The molecular weight excluding hydrogens is 516 g/mol.